The molecular formula is C19H18FN5O3. The number of benzene rings is 2. The predicted molar refractivity (Wildman–Crippen MR) is 103 cm³/mol. The maximum atomic E-state index is 13.6. The first-order chi connectivity index (χ1) is 13.5. The van der Waals surface area contributed by atoms with Gasteiger partial charge < -0.3 is 10.1 Å². The van der Waals surface area contributed by atoms with E-state index in [1.54, 1.807) is 31.5 Å². The third-order valence-corrected chi connectivity index (χ3v) is 3.86. The number of ether oxygens (including phenoxy) is 1. The minimum absolute atomic E-state index is 0.0531. The van der Waals surface area contributed by atoms with Crippen molar-refractivity contribution in [3.05, 3.63) is 59.9 Å². The van der Waals surface area contributed by atoms with Crippen molar-refractivity contribution < 1.29 is 18.7 Å². The summed E-state index contributed by atoms with van der Waals surface area (Å²) in [7, 11) is 1.58. The lowest BCUT2D eigenvalue weighted by atomic mass is 10.2. The minimum atomic E-state index is -0.912. The first-order valence-corrected chi connectivity index (χ1v) is 8.41. The van der Waals surface area contributed by atoms with Crippen LogP contribution >= 0.6 is 0 Å². The first kappa shape index (κ1) is 19.0. The molecule has 0 fully saturated rings. The van der Waals surface area contributed by atoms with Crippen LogP contribution in [0.15, 0.2) is 58.6 Å². The Bertz CT molecular complexity index is 927. The maximum Gasteiger partial charge on any atom is 0.252 e. The monoisotopic (exact) mass is 383 g/mol. The number of nitrogens with zero attached hydrogens (tertiary/aromatic N) is 2. The molecule has 3 rings (SSSR count). The molecule has 0 spiro atoms. The van der Waals surface area contributed by atoms with Gasteiger partial charge in [0.15, 0.2) is 0 Å². The van der Waals surface area contributed by atoms with Crippen LogP contribution in [0.2, 0.25) is 0 Å². The molecule has 0 aromatic heterocycles. The number of carbonyl (C=O) groups excluding carboxylic acids is 2. The molecule has 0 radical (unpaired) electrons. The van der Waals surface area contributed by atoms with E-state index in [1.165, 1.54) is 18.2 Å². The molecule has 8 nitrogen and oxygen atoms in total. The molecule has 28 heavy (non-hydrogen) atoms. The van der Waals surface area contributed by atoms with Crippen molar-refractivity contribution in [1.29, 1.82) is 0 Å². The first-order valence-electron chi connectivity index (χ1n) is 8.41. The van der Waals surface area contributed by atoms with E-state index in [-0.39, 0.29) is 18.1 Å². The Balaban J connectivity index is 1.54. The van der Waals surface area contributed by atoms with Crippen molar-refractivity contribution >= 4 is 29.7 Å². The van der Waals surface area contributed by atoms with Gasteiger partial charge in [0.2, 0.25) is 11.9 Å². The second-order valence-electron chi connectivity index (χ2n) is 5.86. The molecule has 1 aliphatic rings. The van der Waals surface area contributed by atoms with Crippen molar-refractivity contribution in [2.24, 2.45) is 10.1 Å². The fraction of sp³-hybridized carbons (Fsp3) is 0.158. The summed E-state index contributed by atoms with van der Waals surface area (Å²) in [5.41, 5.74) is 3.49. The Morgan fingerprint density at radius 1 is 1.29 bits per heavy atom. The van der Waals surface area contributed by atoms with Gasteiger partial charge in [-0.05, 0) is 42.0 Å². The molecule has 1 atom stereocenters. The number of nitrogens with one attached hydrogen (secondary N) is 3. The van der Waals surface area contributed by atoms with Crippen LogP contribution in [0.4, 0.5) is 10.1 Å². The highest BCUT2D eigenvalue weighted by molar-refractivity contribution is 6.07. The van der Waals surface area contributed by atoms with Crippen molar-refractivity contribution in [3.63, 3.8) is 0 Å². The number of hydrogen-bond acceptors (Lipinski definition) is 6. The molecule has 0 bridgehead atoms. The Labute approximate surface area is 160 Å². The number of rotatable bonds is 6. The van der Waals surface area contributed by atoms with Crippen LogP contribution < -0.4 is 20.8 Å². The van der Waals surface area contributed by atoms with E-state index in [9.17, 15) is 14.0 Å². The van der Waals surface area contributed by atoms with Gasteiger partial charge in [-0.2, -0.15) is 5.10 Å². The largest absolute Gasteiger partial charge is 0.497 e. The number of methoxy groups -OCH3 is 1. The second-order valence-corrected chi connectivity index (χ2v) is 5.86. The second kappa shape index (κ2) is 8.76. The minimum Gasteiger partial charge on any atom is -0.497 e. The van der Waals surface area contributed by atoms with Crippen molar-refractivity contribution in [2.45, 2.75) is 12.5 Å². The number of para-hydroxylation sites is 1. The molecule has 2 aromatic carbocycles. The summed E-state index contributed by atoms with van der Waals surface area (Å²) in [6.07, 6.45) is 1.33. The summed E-state index contributed by atoms with van der Waals surface area (Å²) in [5.74, 6) is -0.638. The van der Waals surface area contributed by atoms with Gasteiger partial charge in [-0.15, -0.1) is 0 Å². The van der Waals surface area contributed by atoms with Crippen LogP contribution in [0.5, 0.6) is 5.75 Å². The van der Waals surface area contributed by atoms with Gasteiger partial charge in [-0.25, -0.2) is 14.8 Å². The van der Waals surface area contributed by atoms with Gasteiger partial charge in [0.05, 0.1) is 25.4 Å². The van der Waals surface area contributed by atoms with Gasteiger partial charge in [-0.3, -0.25) is 14.9 Å². The van der Waals surface area contributed by atoms with E-state index in [1.807, 2.05) is 12.1 Å². The zero-order chi connectivity index (χ0) is 19.9. The van der Waals surface area contributed by atoms with E-state index in [4.69, 9.17) is 4.74 Å². The van der Waals surface area contributed by atoms with Crippen LogP contribution in [-0.2, 0) is 9.59 Å². The van der Waals surface area contributed by atoms with E-state index in [0.717, 1.165) is 11.3 Å². The smallest absolute Gasteiger partial charge is 0.252 e. The van der Waals surface area contributed by atoms with E-state index in [2.05, 4.69) is 26.2 Å². The molecule has 0 aliphatic carbocycles. The van der Waals surface area contributed by atoms with Crippen molar-refractivity contribution in [3.8, 4) is 5.75 Å². The molecule has 1 unspecified atom stereocenters. The number of amides is 2. The lowest BCUT2D eigenvalue weighted by Gasteiger charge is -2.07. The van der Waals surface area contributed by atoms with E-state index in [0.29, 0.717) is 0 Å². The van der Waals surface area contributed by atoms with Crippen molar-refractivity contribution in [1.82, 2.24) is 10.7 Å². The fourth-order valence-corrected chi connectivity index (χ4v) is 2.44. The standard InChI is InChI=1S/C19H18FN5O3/c1-28-13-8-6-12(7-9-13)11-21-25-19-23-16(18(27)24-19)10-17(26)22-15-5-3-2-4-14(15)20/h2-9,11,16H,10H2,1H3,(H,22,26)(H2,23,24,25,27). The fourth-order valence-electron chi connectivity index (χ4n) is 2.44. The number of carbonyl (C=O) groups is 2. The van der Waals surface area contributed by atoms with E-state index < -0.39 is 23.7 Å². The Hall–Kier alpha value is -3.75. The number of aliphatic imine (C=N–C) groups is 1. The van der Waals surface area contributed by atoms with E-state index >= 15 is 0 Å². The molecule has 2 amide bonds. The third-order valence-electron chi connectivity index (χ3n) is 3.86. The van der Waals surface area contributed by atoms with Crippen LogP contribution in [-0.4, -0.2) is 37.1 Å². The molecule has 2 aromatic rings. The lowest BCUT2D eigenvalue weighted by molar-refractivity contribution is -0.123. The zero-order valence-electron chi connectivity index (χ0n) is 15.0. The Morgan fingerprint density at radius 2 is 2.04 bits per heavy atom. The quantitative estimate of drug-likeness (QED) is 0.521. The van der Waals surface area contributed by atoms with Crippen LogP contribution in [0.25, 0.3) is 0 Å². The number of anilines is 1. The summed E-state index contributed by atoms with van der Waals surface area (Å²) >= 11 is 0. The zero-order valence-corrected chi connectivity index (χ0v) is 15.0. The maximum absolute atomic E-state index is 13.6. The highest BCUT2D eigenvalue weighted by atomic mass is 19.1. The summed E-state index contributed by atoms with van der Waals surface area (Å²) in [4.78, 5) is 28.1. The van der Waals surface area contributed by atoms with Gasteiger partial charge in [0, 0.05) is 0 Å². The lowest BCUT2D eigenvalue weighted by Crippen LogP contribution is -2.35. The molecule has 144 valence electrons. The molecule has 1 heterocycles. The summed E-state index contributed by atoms with van der Waals surface area (Å²) in [5, 5.41) is 8.92. The van der Waals surface area contributed by atoms with Crippen LogP contribution in [0.3, 0.4) is 0 Å². The van der Waals surface area contributed by atoms with Gasteiger partial charge in [0.25, 0.3) is 5.91 Å². The molecule has 0 saturated carbocycles. The normalized spacial score (nSPS) is 15.9. The summed E-state index contributed by atoms with van der Waals surface area (Å²) < 4.78 is 18.6. The molecule has 3 N–H and O–H groups in total. The van der Waals surface area contributed by atoms with Gasteiger partial charge >= 0.3 is 0 Å². The summed E-state index contributed by atoms with van der Waals surface area (Å²) in [6.45, 7) is 0. The molecule has 1 aliphatic heterocycles. The van der Waals surface area contributed by atoms with Gasteiger partial charge in [0.1, 0.15) is 17.6 Å². The SMILES string of the molecule is COc1ccc(C=NNC2=NC(CC(=O)Nc3ccccc3F)C(=O)N2)cc1. The Morgan fingerprint density at radius 3 is 2.75 bits per heavy atom. The summed E-state index contributed by atoms with van der Waals surface area (Å²) in [6, 6.07) is 12.1. The number of guanidine groups is 1. The predicted octanol–water partition coefficient (Wildman–Crippen LogP) is 1.64. The molecule has 0 saturated heterocycles. The van der Waals surface area contributed by atoms with Crippen LogP contribution in [0.1, 0.15) is 12.0 Å². The number of hydrogen-bond donors (Lipinski definition) is 3. The molecule has 9 heteroatoms. The molecular weight excluding hydrogens is 365 g/mol. The highest BCUT2D eigenvalue weighted by Crippen LogP contribution is 2.14. The third kappa shape index (κ3) is 4.91. The topological polar surface area (TPSA) is 104 Å². The van der Waals surface area contributed by atoms with Crippen LogP contribution in [0, 0.1) is 5.82 Å². The average molecular weight is 383 g/mol. The Kier molecular flexibility index (Phi) is 5.95. The number of hydrazone groups is 1. The average Bonchev–Trinajstić information content (AvgIpc) is 3.03. The van der Waals surface area contributed by atoms with Gasteiger partial charge in [-0.1, -0.05) is 12.1 Å². The highest BCUT2D eigenvalue weighted by Gasteiger charge is 2.28. The number of halogens is 1. The van der Waals surface area contributed by atoms with Crippen molar-refractivity contribution in [2.75, 3.05) is 12.4 Å².